The van der Waals surface area contributed by atoms with Crippen LogP contribution in [0.2, 0.25) is 0 Å². The van der Waals surface area contributed by atoms with Crippen LogP contribution in [-0.4, -0.2) is 12.6 Å². The first-order valence-corrected chi connectivity index (χ1v) is 5.73. The maximum Gasteiger partial charge on any atom is 0.306 e. The summed E-state index contributed by atoms with van der Waals surface area (Å²) in [5.74, 6) is 2.29. The zero-order valence-electron chi connectivity index (χ0n) is 9.38. The van der Waals surface area contributed by atoms with Gasteiger partial charge in [-0.2, -0.15) is 0 Å². The van der Waals surface area contributed by atoms with Gasteiger partial charge in [-0.25, -0.2) is 0 Å². The molecule has 3 fully saturated rings. The van der Waals surface area contributed by atoms with Gasteiger partial charge in [-0.3, -0.25) is 4.79 Å². The molecular formula is C12H20O2. The summed E-state index contributed by atoms with van der Waals surface area (Å²) in [7, 11) is 0. The lowest BCUT2D eigenvalue weighted by molar-refractivity contribution is -0.145. The maximum atomic E-state index is 11.4. The molecule has 0 radical (unpaired) electrons. The van der Waals surface area contributed by atoms with Crippen LogP contribution < -0.4 is 0 Å². The predicted molar refractivity (Wildman–Crippen MR) is 54.7 cm³/mol. The van der Waals surface area contributed by atoms with Crippen molar-refractivity contribution in [2.75, 3.05) is 6.61 Å². The van der Waals surface area contributed by atoms with Gasteiger partial charge in [0, 0.05) is 6.42 Å². The third kappa shape index (κ3) is 1.27. The number of carbonyl (C=O) groups excluding carboxylic acids is 1. The molecule has 0 aliphatic heterocycles. The molecule has 2 heteroatoms. The molecular weight excluding hydrogens is 176 g/mol. The maximum absolute atomic E-state index is 11.4. The fourth-order valence-corrected chi connectivity index (χ4v) is 3.50. The van der Waals surface area contributed by atoms with Gasteiger partial charge in [-0.1, -0.05) is 13.8 Å². The van der Waals surface area contributed by atoms with Crippen LogP contribution in [0.1, 0.15) is 40.0 Å². The third-order valence-electron chi connectivity index (χ3n) is 4.69. The lowest BCUT2D eigenvalue weighted by atomic mass is 9.60. The second-order valence-corrected chi connectivity index (χ2v) is 5.20. The third-order valence-corrected chi connectivity index (χ3v) is 4.69. The molecule has 0 N–H and O–H groups in total. The van der Waals surface area contributed by atoms with Crippen molar-refractivity contribution < 1.29 is 9.53 Å². The first-order valence-electron chi connectivity index (χ1n) is 5.73. The molecule has 0 spiro atoms. The van der Waals surface area contributed by atoms with Crippen LogP contribution in [0.25, 0.3) is 0 Å². The zero-order chi connectivity index (χ0) is 10.3. The van der Waals surface area contributed by atoms with E-state index in [0.717, 1.165) is 11.8 Å². The zero-order valence-corrected chi connectivity index (χ0v) is 9.38. The van der Waals surface area contributed by atoms with Gasteiger partial charge in [0.1, 0.15) is 0 Å². The largest absolute Gasteiger partial charge is 0.466 e. The highest BCUT2D eigenvalue weighted by atomic mass is 16.5. The number of carbonyl (C=O) groups is 1. The van der Waals surface area contributed by atoms with Crippen molar-refractivity contribution in [2.45, 2.75) is 40.0 Å². The number of hydrogen-bond acceptors (Lipinski definition) is 2. The van der Waals surface area contributed by atoms with E-state index in [1.165, 1.54) is 12.8 Å². The summed E-state index contributed by atoms with van der Waals surface area (Å²) in [6, 6.07) is 0. The van der Waals surface area contributed by atoms with Crippen molar-refractivity contribution in [3.05, 3.63) is 0 Å². The molecule has 4 unspecified atom stereocenters. The number of rotatable bonds is 3. The summed E-state index contributed by atoms with van der Waals surface area (Å²) in [4.78, 5) is 11.4. The van der Waals surface area contributed by atoms with Crippen LogP contribution in [0, 0.1) is 23.2 Å². The summed E-state index contributed by atoms with van der Waals surface area (Å²) >= 11 is 0. The van der Waals surface area contributed by atoms with Crippen molar-refractivity contribution in [2.24, 2.45) is 23.2 Å². The Morgan fingerprint density at radius 2 is 2.29 bits per heavy atom. The van der Waals surface area contributed by atoms with Crippen molar-refractivity contribution >= 4 is 5.97 Å². The second-order valence-electron chi connectivity index (χ2n) is 5.20. The van der Waals surface area contributed by atoms with Gasteiger partial charge in [-0.15, -0.1) is 0 Å². The number of fused-ring (bicyclic) bond motifs is 1. The molecule has 2 bridgehead atoms. The van der Waals surface area contributed by atoms with Gasteiger partial charge in [0.2, 0.25) is 0 Å². The first-order chi connectivity index (χ1) is 6.58. The number of ether oxygens (including phenoxy) is 1. The fraction of sp³-hybridized carbons (Fsp3) is 0.917. The van der Waals surface area contributed by atoms with E-state index in [1.54, 1.807) is 0 Å². The number of esters is 1. The Morgan fingerprint density at radius 1 is 1.57 bits per heavy atom. The predicted octanol–water partition coefficient (Wildman–Crippen LogP) is 2.62. The van der Waals surface area contributed by atoms with E-state index in [1.807, 2.05) is 6.92 Å². The molecule has 3 aliphatic carbocycles. The molecule has 0 aromatic heterocycles. The molecule has 14 heavy (non-hydrogen) atoms. The molecule has 4 atom stereocenters. The quantitative estimate of drug-likeness (QED) is 0.649. The van der Waals surface area contributed by atoms with Gasteiger partial charge in [-0.05, 0) is 42.9 Å². The van der Waals surface area contributed by atoms with E-state index in [2.05, 4.69) is 13.8 Å². The molecule has 3 rings (SSSR count). The summed E-state index contributed by atoms with van der Waals surface area (Å²) in [5, 5.41) is 0. The normalized spacial score (nSPS) is 44.6. The molecule has 3 aliphatic rings. The molecule has 0 aromatic rings. The minimum atomic E-state index is -0.00141. The van der Waals surface area contributed by atoms with Crippen molar-refractivity contribution in [3.63, 3.8) is 0 Å². The Kier molecular flexibility index (Phi) is 2.32. The molecule has 2 nitrogen and oxygen atoms in total. The first kappa shape index (κ1) is 10.0. The van der Waals surface area contributed by atoms with Crippen LogP contribution in [-0.2, 0) is 9.53 Å². The summed E-state index contributed by atoms with van der Waals surface area (Å²) in [6.45, 7) is 7.06. The molecule has 0 amide bonds. The molecule has 0 saturated heterocycles. The monoisotopic (exact) mass is 196 g/mol. The minimum absolute atomic E-state index is 0.00141. The average molecular weight is 196 g/mol. The standard InChI is InChI=1S/C12H20O2/c1-4-14-11(13)6-10-5-9-7-12(10,3)8(9)2/h8-10H,4-7H2,1-3H3. The Morgan fingerprint density at radius 3 is 2.71 bits per heavy atom. The van der Waals surface area contributed by atoms with E-state index in [0.29, 0.717) is 24.4 Å². The van der Waals surface area contributed by atoms with Crippen molar-refractivity contribution in [1.82, 2.24) is 0 Å². The van der Waals surface area contributed by atoms with Gasteiger partial charge in [0.25, 0.3) is 0 Å². The Hall–Kier alpha value is -0.530. The van der Waals surface area contributed by atoms with Crippen LogP contribution in [0.5, 0.6) is 0 Å². The topological polar surface area (TPSA) is 26.3 Å². The summed E-state index contributed by atoms with van der Waals surface area (Å²) < 4.78 is 5.01. The smallest absolute Gasteiger partial charge is 0.306 e. The van der Waals surface area contributed by atoms with E-state index >= 15 is 0 Å². The van der Waals surface area contributed by atoms with Crippen LogP contribution in [0.4, 0.5) is 0 Å². The molecule has 0 aromatic carbocycles. The Labute approximate surface area is 86.0 Å². The fourth-order valence-electron chi connectivity index (χ4n) is 3.50. The van der Waals surface area contributed by atoms with E-state index in [9.17, 15) is 4.79 Å². The van der Waals surface area contributed by atoms with Gasteiger partial charge in [0.15, 0.2) is 0 Å². The minimum Gasteiger partial charge on any atom is -0.466 e. The summed E-state index contributed by atoms with van der Waals surface area (Å²) in [5.41, 5.74) is 0.442. The highest BCUT2D eigenvalue weighted by Gasteiger charge is 2.59. The van der Waals surface area contributed by atoms with Gasteiger partial charge >= 0.3 is 5.97 Å². The molecule has 80 valence electrons. The van der Waals surface area contributed by atoms with Gasteiger partial charge < -0.3 is 4.74 Å². The highest BCUT2D eigenvalue weighted by Crippen LogP contribution is 2.66. The SMILES string of the molecule is CCOC(=O)CC1CC2CC1(C)C2C. The Balaban J connectivity index is 1.92. The van der Waals surface area contributed by atoms with E-state index in [-0.39, 0.29) is 5.97 Å². The lowest BCUT2D eigenvalue weighted by Gasteiger charge is -2.45. The Bertz CT molecular complexity index is 249. The van der Waals surface area contributed by atoms with Crippen molar-refractivity contribution in [1.29, 1.82) is 0 Å². The molecule has 0 heterocycles. The van der Waals surface area contributed by atoms with Crippen LogP contribution in [0.15, 0.2) is 0 Å². The lowest BCUT2D eigenvalue weighted by Crippen LogP contribution is -2.38. The highest BCUT2D eigenvalue weighted by molar-refractivity contribution is 5.70. The average Bonchev–Trinajstić information content (AvgIpc) is 2.56. The van der Waals surface area contributed by atoms with E-state index in [4.69, 9.17) is 4.74 Å². The van der Waals surface area contributed by atoms with Crippen LogP contribution in [0.3, 0.4) is 0 Å². The molecule has 3 saturated carbocycles. The van der Waals surface area contributed by atoms with Crippen molar-refractivity contribution in [3.8, 4) is 0 Å². The van der Waals surface area contributed by atoms with E-state index < -0.39 is 0 Å². The van der Waals surface area contributed by atoms with Gasteiger partial charge in [0.05, 0.1) is 6.61 Å². The summed E-state index contributed by atoms with van der Waals surface area (Å²) in [6.07, 6.45) is 3.22. The number of hydrogen-bond donors (Lipinski definition) is 0. The van der Waals surface area contributed by atoms with Crippen LogP contribution >= 0.6 is 0 Å². The second kappa shape index (κ2) is 3.25.